The Hall–Kier alpha value is -2.01. The van der Waals surface area contributed by atoms with Crippen LogP contribution < -0.4 is 16.4 Å². The summed E-state index contributed by atoms with van der Waals surface area (Å²) in [4.78, 5) is 7.94. The molecule has 1 aromatic heterocycles. The van der Waals surface area contributed by atoms with E-state index in [1.165, 1.54) is 11.3 Å². The number of nitrogens with zero attached hydrogens (tertiary/aromatic N) is 2. The molecule has 0 unspecified atom stereocenters. The Morgan fingerprint density at radius 2 is 2.20 bits per heavy atom. The number of nitrogen functional groups attached to an aromatic ring is 1. The van der Waals surface area contributed by atoms with E-state index < -0.39 is 0 Å². The van der Waals surface area contributed by atoms with Gasteiger partial charge in [-0.15, -0.1) is 0 Å². The van der Waals surface area contributed by atoms with Crippen molar-refractivity contribution in [3.8, 4) is 0 Å². The molecule has 5 nitrogen and oxygen atoms in total. The SMILES string of the molecule is Nc1nc(Cl)cc(NC[C@@H]2CCc3ccccc3N2)n1. The van der Waals surface area contributed by atoms with Crippen LogP contribution in [0, 0.1) is 0 Å². The number of hydrogen-bond donors (Lipinski definition) is 3. The highest BCUT2D eigenvalue weighted by Gasteiger charge is 2.17. The van der Waals surface area contributed by atoms with E-state index in [1.807, 2.05) is 6.07 Å². The number of nitrogens with one attached hydrogen (secondary N) is 2. The molecule has 104 valence electrons. The average Bonchev–Trinajstić information content (AvgIpc) is 2.44. The molecule has 0 aliphatic carbocycles. The van der Waals surface area contributed by atoms with Crippen molar-refractivity contribution in [3.63, 3.8) is 0 Å². The monoisotopic (exact) mass is 289 g/mol. The molecule has 0 radical (unpaired) electrons. The second-order valence-corrected chi connectivity index (χ2v) is 5.24. The molecule has 6 heteroatoms. The van der Waals surface area contributed by atoms with Gasteiger partial charge in [-0.25, -0.2) is 4.98 Å². The van der Waals surface area contributed by atoms with Crippen LogP contribution in [0.15, 0.2) is 30.3 Å². The van der Waals surface area contributed by atoms with Gasteiger partial charge in [0.05, 0.1) is 0 Å². The molecule has 1 aliphatic heterocycles. The summed E-state index contributed by atoms with van der Waals surface area (Å²) in [5.41, 5.74) is 8.16. The minimum absolute atomic E-state index is 0.182. The molecule has 0 spiro atoms. The number of halogens is 1. The van der Waals surface area contributed by atoms with Crippen LogP contribution in [0.4, 0.5) is 17.5 Å². The van der Waals surface area contributed by atoms with Crippen LogP contribution >= 0.6 is 11.6 Å². The number of anilines is 3. The van der Waals surface area contributed by atoms with E-state index in [0.29, 0.717) is 17.0 Å². The molecule has 1 aromatic carbocycles. The normalized spacial score (nSPS) is 17.1. The van der Waals surface area contributed by atoms with Crippen LogP contribution in [-0.2, 0) is 6.42 Å². The number of hydrogen-bond acceptors (Lipinski definition) is 5. The Morgan fingerprint density at radius 1 is 1.35 bits per heavy atom. The quantitative estimate of drug-likeness (QED) is 0.757. The minimum atomic E-state index is 0.182. The summed E-state index contributed by atoms with van der Waals surface area (Å²) < 4.78 is 0. The second-order valence-electron chi connectivity index (χ2n) is 4.85. The minimum Gasteiger partial charge on any atom is -0.380 e. The van der Waals surface area contributed by atoms with Crippen molar-refractivity contribution in [3.05, 3.63) is 41.0 Å². The topological polar surface area (TPSA) is 75.9 Å². The van der Waals surface area contributed by atoms with Gasteiger partial charge in [-0.1, -0.05) is 29.8 Å². The molecule has 2 aromatic rings. The summed E-state index contributed by atoms with van der Waals surface area (Å²) in [7, 11) is 0. The van der Waals surface area contributed by atoms with Crippen molar-refractivity contribution in [2.24, 2.45) is 0 Å². The van der Waals surface area contributed by atoms with Gasteiger partial charge in [0.15, 0.2) is 0 Å². The van der Waals surface area contributed by atoms with E-state index in [1.54, 1.807) is 6.07 Å². The maximum atomic E-state index is 5.85. The molecule has 20 heavy (non-hydrogen) atoms. The Morgan fingerprint density at radius 3 is 3.05 bits per heavy atom. The van der Waals surface area contributed by atoms with E-state index >= 15 is 0 Å². The first kappa shape index (κ1) is 13.0. The van der Waals surface area contributed by atoms with Gasteiger partial charge < -0.3 is 16.4 Å². The summed E-state index contributed by atoms with van der Waals surface area (Å²) in [6.07, 6.45) is 2.17. The standard InChI is InChI=1S/C14H16ClN5/c15-12-7-13(20-14(16)19-12)17-8-10-6-5-9-3-1-2-4-11(9)18-10/h1-4,7,10,18H,5-6,8H2,(H3,16,17,19,20)/t10-/m0/s1. The summed E-state index contributed by atoms with van der Waals surface area (Å²) in [5.74, 6) is 0.838. The first-order valence-corrected chi connectivity index (χ1v) is 6.97. The van der Waals surface area contributed by atoms with E-state index in [-0.39, 0.29) is 5.95 Å². The van der Waals surface area contributed by atoms with Gasteiger partial charge >= 0.3 is 0 Å². The van der Waals surface area contributed by atoms with E-state index in [2.05, 4.69) is 38.8 Å². The molecular formula is C14H16ClN5. The molecule has 0 fully saturated rings. The number of nitrogens with two attached hydrogens (primary N) is 1. The van der Waals surface area contributed by atoms with Gasteiger partial charge in [0.2, 0.25) is 5.95 Å². The predicted octanol–water partition coefficient (Wildman–Crippen LogP) is 2.55. The third-order valence-corrected chi connectivity index (χ3v) is 3.57. The van der Waals surface area contributed by atoms with Gasteiger partial charge in [-0.05, 0) is 24.5 Å². The first-order chi connectivity index (χ1) is 9.70. The first-order valence-electron chi connectivity index (χ1n) is 6.59. The van der Waals surface area contributed by atoms with Crippen molar-refractivity contribution in [1.82, 2.24) is 9.97 Å². The summed E-state index contributed by atoms with van der Waals surface area (Å²) in [6.45, 7) is 0.765. The van der Waals surface area contributed by atoms with Crippen molar-refractivity contribution in [1.29, 1.82) is 0 Å². The number of fused-ring (bicyclic) bond motifs is 1. The molecule has 3 rings (SSSR count). The number of aryl methyl sites for hydroxylation is 1. The van der Waals surface area contributed by atoms with Crippen LogP contribution in [0.2, 0.25) is 5.15 Å². The van der Waals surface area contributed by atoms with Crippen molar-refractivity contribution < 1.29 is 0 Å². The molecule has 4 N–H and O–H groups in total. The lowest BCUT2D eigenvalue weighted by molar-refractivity contribution is 0.653. The fraction of sp³-hybridized carbons (Fsp3) is 0.286. The van der Waals surface area contributed by atoms with E-state index in [0.717, 1.165) is 19.4 Å². The Bertz CT molecular complexity index is 596. The fourth-order valence-corrected chi connectivity index (χ4v) is 2.60. The third kappa shape index (κ3) is 2.93. The highest BCUT2D eigenvalue weighted by molar-refractivity contribution is 6.29. The fourth-order valence-electron chi connectivity index (χ4n) is 2.41. The molecule has 0 amide bonds. The Balaban J connectivity index is 1.62. The van der Waals surface area contributed by atoms with Crippen molar-refractivity contribution in [2.75, 3.05) is 22.9 Å². The maximum absolute atomic E-state index is 5.85. The highest BCUT2D eigenvalue weighted by Crippen LogP contribution is 2.24. The van der Waals surface area contributed by atoms with Gasteiger partial charge in [0, 0.05) is 24.3 Å². The number of aromatic nitrogens is 2. The van der Waals surface area contributed by atoms with Gasteiger partial charge in [0.25, 0.3) is 0 Å². The molecule has 1 atom stereocenters. The zero-order valence-corrected chi connectivity index (χ0v) is 11.7. The smallest absolute Gasteiger partial charge is 0.223 e. The second kappa shape index (κ2) is 5.54. The summed E-state index contributed by atoms with van der Waals surface area (Å²) in [5, 5.41) is 7.12. The third-order valence-electron chi connectivity index (χ3n) is 3.38. The maximum Gasteiger partial charge on any atom is 0.223 e. The Labute approximate surface area is 122 Å². The summed E-state index contributed by atoms with van der Waals surface area (Å²) in [6, 6.07) is 10.4. The number of para-hydroxylation sites is 1. The lowest BCUT2D eigenvalue weighted by Gasteiger charge is -2.27. The van der Waals surface area contributed by atoms with Crippen LogP contribution in [-0.4, -0.2) is 22.6 Å². The van der Waals surface area contributed by atoms with Crippen LogP contribution in [0.25, 0.3) is 0 Å². The van der Waals surface area contributed by atoms with Gasteiger partial charge in [0.1, 0.15) is 11.0 Å². The highest BCUT2D eigenvalue weighted by atomic mass is 35.5. The summed E-state index contributed by atoms with van der Waals surface area (Å²) >= 11 is 5.85. The molecule has 1 aliphatic rings. The molecular weight excluding hydrogens is 274 g/mol. The van der Waals surface area contributed by atoms with Gasteiger partial charge in [-0.2, -0.15) is 4.98 Å². The van der Waals surface area contributed by atoms with Crippen LogP contribution in [0.1, 0.15) is 12.0 Å². The largest absolute Gasteiger partial charge is 0.380 e. The van der Waals surface area contributed by atoms with Crippen LogP contribution in [0.5, 0.6) is 0 Å². The van der Waals surface area contributed by atoms with Gasteiger partial charge in [-0.3, -0.25) is 0 Å². The lowest BCUT2D eigenvalue weighted by atomic mass is 9.98. The number of rotatable bonds is 3. The average molecular weight is 290 g/mol. The van der Waals surface area contributed by atoms with Crippen molar-refractivity contribution in [2.45, 2.75) is 18.9 Å². The molecule has 0 bridgehead atoms. The molecule has 0 saturated heterocycles. The van der Waals surface area contributed by atoms with Crippen molar-refractivity contribution >= 4 is 29.1 Å². The number of benzene rings is 1. The predicted molar refractivity (Wildman–Crippen MR) is 82.1 cm³/mol. The molecule has 0 saturated carbocycles. The van der Waals surface area contributed by atoms with E-state index in [9.17, 15) is 0 Å². The zero-order chi connectivity index (χ0) is 13.9. The Kier molecular flexibility index (Phi) is 3.60. The van der Waals surface area contributed by atoms with E-state index in [4.69, 9.17) is 17.3 Å². The lowest BCUT2D eigenvalue weighted by Crippen LogP contribution is -2.32. The molecule has 2 heterocycles. The zero-order valence-electron chi connectivity index (χ0n) is 10.9. The van der Waals surface area contributed by atoms with Crippen LogP contribution in [0.3, 0.4) is 0 Å².